The smallest absolute Gasteiger partial charge is 0.292 e. The molecule has 3 N–H and O–H groups in total. The third kappa shape index (κ3) is 3.56. The van der Waals surface area contributed by atoms with Gasteiger partial charge < -0.3 is 19.5 Å². The minimum absolute atomic E-state index is 0.0612. The normalized spacial score (nSPS) is 20.9. The lowest BCUT2D eigenvalue weighted by atomic mass is 9.95. The molecular weight excluding hydrogens is 410 g/mol. The number of hydrogen-bond donors (Lipinski definition) is 3. The van der Waals surface area contributed by atoms with Crippen molar-refractivity contribution in [1.82, 2.24) is 20.4 Å². The summed E-state index contributed by atoms with van der Waals surface area (Å²) in [4.78, 5) is 25.6. The van der Waals surface area contributed by atoms with Crippen LogP contribution in [0.1, 0.15) is 37.1 Å². The predicted molar refractivity (Wildman–Crippen MR) is 118 cm³/mol. The van der Waals surface area contributed by atoms with Crippen LogP contribution in [0.15, 0.2) is 63.6 Å². The van der Waals surface area contributed by atoms with Gasteiger partial charge in [-0.1, -0.05) is 25.1 Å². The van der Waals surface area contributed by atoms with E-state index in [-0.39, 0.29) is 23.6 Å². The summed E-state index contributed by atoms with van der Waals surface area (Å²) in [6.07, 6.45) is 1.64. The molecule has 1 aliphatic rings. The van der Waals surface area contributed by atoms with Gasteiger partial charge in [0.2, 0.25) is 5.91 Å². The lowest BCUT2D eigenvalue weighted by molar-refractivity contribution is -0.130. The van der Waals surface area contributed by atoms with E-state index in [0.717, 1.165) is 11.8 Å². The van der Waals surface area contributed by atoms with Crippen molar-refractivity contribution in [2.45, 2.75) is 32.6 Å². The maximum atomic E-state index is 13.0. The molecule has 1 fully saturated rings. The molecule has 0 radical (unpaired) electrons. The van der Waals surface area contributed by atoms with Crippen LogP contribution in [0.2, 0.25) is 0 Å². The number of benzene rings is 1. The number of nitrogens with one attached hydrogen (secondary N) is 3. The molecule has 4 aromatic rings. The van der Waals surface area contributed by atoms with E-state index in [9.17, 15) is 9.59 Å². The van der Waals surface area contributed by atoms with Crippen molar-refractivity contribution in [2.75, 3.05) is 5.32 Å². The zero-order valence-corrected chi connectivity index (χ0v) is 17.7. The number of fused-ring (bicyclic) bond motifs is 1. The summed E-state index contributed by atoms with van der Waals surface area (Å²) in [5.41, 5.74) is 1.15. The molecular formula is C23H23N5O4. The highest BCUT2D eigenvalue weighted by molar-refractivity contribution is 6.04. The fourth-order valence-corrected chi connectivity index (χ4v) is 4.05. The number of para-hydroxylation sites is 1. The van der Waals surface area contributed by atoms with Crippen molar-refractivity contribution in [1.29, 1.82) is 0 Å². The predicted octanol–water partition coefficient (Wildman–Crippen LogP) is 3.73. The minimum atomic E-state index is -0.630. The van der Waals surface area contributed by atoms with Gasteiger partial charge in [0.1, 0.15) is 17.1 Å². The molecule has 1 aliphatic heterocycles. The maximum Gasteiger partial charge on any atom is 0.292 e. The van der Waals surface area contributed by atoms with Crippen LogP contribution in [-0.2, 0) is 4.79 Å². The van der Waals surface area contributed by atoms with E-state index in [1.54, 1.807) is 41.3 Å². The Labute approximate surface area is 183 Å². The number of amides is 2. The fraction of sp³-hybridized carbons (Fsp3) is 0.261. The quantitative estimate of drug-likeness (QED) is 0.442. The molecule has 164 valence electrons. The molecule has 32 heavy (non-hydrogen) atoms. The van der Waals surface area contributed by atoms with Crippen LogP contribution >= 0.6 is 0 Å². The zero-order chi connectivity index (χ0) is 22.2. The first-order chi connectivity index (χ1) is 15.5. The van der Waals surface area contributed by atoms with Gasteiger partial charge in [-0.05, 0) is 37.6 Å². The van der Waals surface area contributed by atoms with Gasteiger partial charge in [0, 0.05) is 17.5 Å². The Morgan fingerprint density at radius 3 is 2.78 bits per heavy atom. The molecule has 3 unspecified atom stereocenters. The Balaban J connectivity index is 1.48. The summed E-state index contributed by atoms with van der Waals surface area (Å²) < 4.78 is 12.7. The molecule has 5 rings (SSSR count). The summed E-state index contributed by atoms with van der Waals surface area (Å²) in [6, 6.07) is 14.3. The summed E-state index contributed by atoms with van der Waals surface area (Å²) >= 11 is 0. The third-order valence-electron chi connectivity index (χ3n) is 5.72. The lowest BCUT2D eigenvalue weighted by Crippen LogP contribution is -2.57. The molecule has 2 amide bonds. The van der Waals surface area contributed by atoms with Gasteiger partial charge in [-0.2, -0.15) is 5.10 Å². The Bertz CT molecular complexity index is 1240. The average Bonchev–Trinajstić information content (AvgIpc) is 3.52. The van der Waals surface area contributed by atoms with Crippen LogP contribution in [0.5, 0.6) is 0 Å². The van der Waals surface area contributed by atoms with Gasteiger partial charge in [0.25, 0.3) is 5.91 Å². The van der Waals surface area contributed by atoms with Crippen molar-refractivity contribution < 1.29 is 18.4 Å². The second kappa shape index (κ2) is 8.01. The van der Waals surface area contributed by atoms with Crippen LogP contribution < -0.4 is 16.0 Å². The van der Waals surface area contributed by atoms with Crippen LogP contribution in [-0.4, -0.2) is 27.6 Å². The zero-order valence-electron chi connectivity index (χ0n) is 17.7. The fourth-order valence-electron chi connectivity index (χ4n) is 4.05. The van der Waals surface area contributed by atoms with E-state index in [4.69, 9.17) is 8.83 Å². The summed E-state index contributed by atoms with van der Waals surface area (Å²) in [6.45, 7) is 3.94. The van der Waals surface area contributed by atoms with Crippen LogP contribution in [0.3, 0.4) is 0 Å². The Kier molecular flexibility index (Phi) is 5.02. The standard InChI is InChI=1S/C23H23N5O4/c1-3-15-13(2)24-23(26-21(15)29)28-20(12-16(27-28)18-9-6-10-31-18)25-22(30)19-11-14-7-4-5-8-17(14)32-19/h4-13,15,23-24H,3H2,1-2H3,(H,25,30)(H,26,29). The molecule has 1 aromatic carbocycles. The second-order valence-corrected chi connectivity index (χ2v) is 7.82. The summed E-state index contributed by atoms with van der Waals surface area (Å²) in [5, 5.41) is 14.6. The highest BCUT2D eigenvalue weighted by atomic mass is 16.3. The minimum Gasteiger partial charge on any atom is -0.463 e. The van der Waals surface area contributed by atoms with Gasteiger partial charge in [0.15, 0.2) is 17.8 Å². The van der Waals surface area contributed by atoms with Gasteiger partial charge >= 0.3 is 0 Å². The first-order valence-electron chi connectivity index (χ1n) is 10.5. The maximum absolute atomic E-state index is 13.0. The van der Waals surface area contributed by atoms with E-state index in [0.29, 0.717) is 22.9 Å². The SMILES string of the molecule is CCC1C(=O)NC(n2nc(-c3ccco3)cc2NC(=O)c2cc3ccccc3o2)NC1C. The van der Waals surface area contributed by atoms with Gasteiger partial charge in [-0.25, -0.2) is 4.68 Å². The highest BCUT2D eigenvalue weighted by Gasteiger charge is 2.34. The number of hydrogen-bond acceptors (Lipinski definition) is 6. The first-order valence-corrected chi connectivity index (χ1v) is 10.5. The van der Waals surface area contributed by atoms with Crippen molar-refractivity contribution in [2.24, 2.45) is 5.92 Å². The first kappa shape index (κ1) is 20.1. The lowest BCUT2D eigenvalue weighted by Gasteiger charge is -2.35. The molecule has 0 spiro atoms. The largest absolute Gasteiger partial charge is 0.463 e. The number of furan rings is 2. The Hall–Kier alpha value is -3.85. The van der Waals surface area contributed by atoms with Gasteiger partial charge in [-0.15, -0.1) is 0 Å². The molecule has 3 aromatic heterocycles. The number of rotatable bonds is 5. The molecule has 1 saturated heterocycles. The van der Waals surface area contributed by atoms with Crippen molar-refractivity contribution in [3.05, 3.63) is 60.6 Å². The topological polar surface area (TPSA) is 114 Å². The van der Waals surface area contributed by atoms with E-state index < -0.39 is 12.2 Å². The van der Waals surface area contributed by atoms with E-state index in [2.05, 4.69) is 21.0 Å². The third-order valence-corrected chi connectivity index (χ3v) is 5.72. The molecule has 0 bridgehead atoms. The second-order valence-electron chi connectivity index (χ2n) is 7.82. The number of aromatic nitrogens is 2. The molecule has 9 heteroatoms. The van der Waals surface area contributed by atoms with Crippen LogP contribution in [0, 0.1) is 5.92 Å². The Morgan fingerprint density at radius 1 is 1.22 bits per heavy atom. The monoisotopic (exact) mass is 433 g/mol. The molecule has 0 aliphatic carbocycles. The molecule has 4 heterocycles. The van der Waals surface area contributed by atoms with Gasteiger partial charge in [-0.3, -0.25) is 14.9 Å². The van der Waals surface area contributed by atoms with Crippen LogP contribution in [0.25, 0.3) is 22.4 Å². The summed E-state index contributed by atoms with van der Waals surface area (Å²) in [5.74, 6) is 0.494. The van der Waals surface area contributed by atoms with Crippen molar-refractivity contribution >= 4 is 28.6 Å². The number of carbonyl (C=O) groups is 2. The van der Waals surface area contributed by atoms with E-state index >= 15 is 0 Å². The summed E-state index contributed by atoms with van der Waals surface area (Å²) in [7, 11) is 0. The van der Waals surface area contributed by atoms with Gasteiger partial charge in [0.05, 0.1) is 12.2 Å². The Morgan fingerprint density at radius 2 is 2.06 bits per heavy atom. The number of carbonyl (C=O) groups excluding carboxylic acids is 2. The molecule has 0 saturated carbocycles. The number of nitrogens with zero attached hydrogens (tertiary/aromatic N) is 2. The van der Waals surface area contributed by atoms with E-state index in [1.807, 2.05) is 32.0 Å². The molecule has 9 nitrogen and oxygen atoms in total. The number of anilines is 1. The van der Waals surface area contributed by atoms with E-state index in [1.165, 1.54) is 0 Å². The van der Waals surface area contributed by atoms with Crippen molar-refractivity contribution in [3.8, 4) is 11.5 Å². The highest BCUT2D eigenvalue weighted by Crippen LogP contribution is 2.27. The molecule has 3 atom stereocenters. The van der Waals surface area contributed by atoms with Crippen LogP contribution in [0.4, 0.5) is 5.82 Å². The van der Waals surface area contributed by atoms with Crippen molar-refractivity contribution in [3.63, 3.8) is 0 Å². The average molecular weight is 433 g/mol.